The second kappa shape index (κ2) is 24.3. The van der Waals surface area contributed by atoms with Crippen molar-refractivity contribution in [2.45, 2.75) is 50.6 Å². The fraction of sp³-hybridized carbons (Fsp3) is 0.164. The number of hydrogen-bond donors (Lipinski definition) is 4. The molecule has 0 spiro atoms. The number of nitrogens with zero attached hydrogens (tertiary/aromatic N) is 4. The number of aromatic nitrogens is 6. The van der Waals surface area contributed by atoms with E-state index in [1.165, 1.54) is 37.8 Å². The number of fused-ring (bicyclic) bond motifs is 4. The average Bonchev–Trinajstić information content (AvgIpc) is 3.93. The van der Waals surface area contributed by atoms with Crippen LogP contribution in [0.4, 0.5) is 8.78 Å². The maximum atomic E-state index is 14.4. The van der Waals surface area contributed by atoms with Gasteiger partial charge < -0.3 is 25.8 Å². The monoisotopic (exact) mass is 1110 g/mol. The number of pyridine rings is 4. The van der Waals surface area contributed by atoms with Gasteiger partial charge in [0.1, 0.15) is 11.6 Å². The van der Waals surface area contributed by atoms with Gasteiger partial charge in [0.05, 0.1) is 43.5 Å². The molecule has 0 fully saturated rings. The highest BCUT2D eigenvalue weighted by molar-refractivity contribution is 7.91. The summed E-state index contributed by atoms with van der Waals surface area (Å²) < 4.78 is 79.5. The molecule has 15 nitrogen and oxygen atoms in total. The average molecular weight is 1110 g/mol. The maximum Gasteiger partial charge on any atom is 0.337 e. The summed E-state index contributed by atoms with van der Waals surface area (Å²) in [4.78, 5) is 48.0. The molecule has 394 valence electrons. The van der Waals surface area contributed by atoms with Crippen molar-refractivity contribution in [3.63, 3.8) is 0 Å². The van der Waals surface area contributed by atoms with Crippen molar-refractivity contribution in [1.82, 2.24) is 35.2 Å². The number of nitrogens with one attached hydrogen (secondary N) is 3. The summed E-state index contributed by atoms with van der Waals surface area (Å²) in [7, 11) is -5.28. The van der Waals surface area contributed by atoms with Gasteiger partial charge in [-0.15, -0.1) is 0 Å². The number of sulfone groups is 2. The molecular formula is C55H52Cl2F2N8O7S2. The third-order valence-electron chi connectivity index (χ3n) is 11.6. The number of carbonyl (C=O) groups is 2. The van der Waals surface area contributed by atoms with E-state index in [0.29, 0.717) is 89.4 Å². The molecule has 0 radical (unpaired) electrons. The van der Waals surface area contributed by atoms with Gasteiger partial charge in [0.15, 0.2) is 19.7 Å². The lowest BCUT2D eigenvalue weighted by Gasteiger charge is -2.09. The molecule has 0 saturated heterocycles. The van der Waals surface area contributed by atoms with Crippen molar-refractivity contribution < 1.29 is 39.9 Å². The van der Waals surface area contributed by atoms with E-state index in [9.17, 15) is 35.2 Å². The first-order valence-electron chi connectivity index (χ1n) is 22.3. The van der Waals surface area contributed by atoms with Crippen LogP contribution < -0.4 is 11.1 Å². The fourth-order valence-electron chi connectivity index (χ4n) is 7.80. The Labute approximate surface area is 447 Å². The first-order chi connectivity index (χ1) is 35.3. The lowest BCUT2D eigenvalue weighted by atomic mass is 10.1. The van der Waals surface area contributed by atoms with E-state index < -0.39 is 31.5 Å². The number of benzene rings is 4. The summed E-state index contributed by atoms with van der Waals surface area (Å²) in [6, 6.07) is 25.9. The molecule has 76 heavy (non-hydrogen) atoms. The zero-order valence-electron chi connectivity index (χ0n) is 39.6. The number of amides is 1. The molecule has 5 N–H and O–H groups in total. The number of ether oxygens (including phenoxy) is 1. The number of methoxy groups -OCH3 is 1. The topological polar surface area (TPSA) is 233 Å². The van der Waals surface area contributed by atoms with Crippen LogP contribution in [0.2, 0.25) is 10.0 Å². The number of halogens is 4. The Hall–Kier alpha value is -7.68. The van der Waals surface area contributed by atoms with Crippen molar-refractivity contribution in [2.75, 3.05) is 19.6 Å². The van der Waals surface area contributed by atoms with E-state index in [1.807, 2.05) is 12.1 Å². The molecule has 10 aromatic rings. The molecule has 0 aliphatic heterocycles. The van der Waals surface area contributed by atoms with Crippen LogP contribution in [0.15, 0.2) is 144 Å². The van der Waals surface area contributed by atoms with Crippen LogP contribution in [0, 0.1) is 11.6 Å². The molecule has 10 rings (SSSR count). The summed E-state index contributed by atoms with van der Waals surface area (Å²) in [6.07, 6.45) is 12.9. The smallest absolute Gasteiger partial charge is 0.337 e. The van der Waals surface area contributed by atoms with Gasteiger partial charge in [-0.05, 0) is 108 Å². The van der Waals surface area contributed by atoms with Gasteiger partial charge in [0, 0.05) is 136 Å². The quantitative estimate of drug-likeness (QED) is 0.0886. The van der Waals surface area contributed by atoms with Crippen molar-refractivity contribution in [1.29, 1.82) is 0 Å². The van der Waals surface area contributed by atoms with Crippen LogP contribution in [-0.2, 0) is 50.3 Å². The normalized spacial score (nSPS) is 11.2. The van der Waals surface area contributed by atoms with Crippen LogP contribution in [0.3, 0.4) is 0 Å². The molecule has 21 heteroatoms. The molecule has 6 aromatic heterocycles. The Balaban J connectivity index is 0.000000203. The number of hydrogen-bond acceptors (Lipinski definition) is 12. The Morgan fingerprint density at radius 3 is 1.57 bits per heavy atom. The summed E-state index contributed by atoms with van der Waals surface area (Å²) in [5.74, 6) is -1.53. The lowest BCUT2D eigenvalue weighted by Crippen LogP contribution is -2.23. The standard InChI is InChI=1S/C26H20ClFN4O3S.C18H16N2O4S.C9H8ClFN2.2CH4/c1-36(34,35)20-2-3-24-17(9-20)6-15(12-30-24)7-19-8-16(4-5-29-19)26(33)32-13-18-10-21-22(27)14-31-25(21)11-23(18)28;1-24-18(21)13-5-6-19-15(9-13)8-12-7-14-10-16(25(2,22)23)3-4-17(14)20-11-12;10-7-4-13-9-2-8(11)5(3-12)1-6(7)9;;/h2-6,8-12,14,31H,7,13H2,1H3,(H,32,33);3-7,9-11H,8H2,1-2H3;1-2,4,13H,3,12H2;2*1H4. The van der Waals surface area contributed by atoms with Gasteiger partial charge in [-0.1, -0.05) is 38.1 Å². The SMILES string of the molecule is C.C.COC(=O)c1ccnc(Cc2cnc3ccc(S(C)(=O)=O)cc3c2)c1.CS(=O)(=O)c1ccc2ncc(Cc3cc(C(=O)NCc4cc5c(Cl)c[nH]c5cc4F)ccn3)cc2c1.NCc1cc2c(Cl)c[nH]c2cc1F. The zero-order valence-corrected chi connectivity index (χ0v) is 42.7. The number of carbonyl (C=O) groups excluding carboxylic acids is 2. The maximum absolute atomic E-state index is 14.4. The molecule has 4 aromatic carbocycles. The van der Waals surface area contributed by atoms with Crippen LogP contribution >= 0.6 is 23.2 Å². The van der Waals surface area contributed by atoms with E-state index in [4.69, 9.17) is 33.7 Å². The molecule has 0 aliphatic rings. The van der Waals surface area contributed by atoms with E-state index in [0.717, 1.165) is 28.2 Å². The first kappa shape index (κ1) is 57.6. The van der Waals surface area contributed by atoms with Gasteiger partial charge in [0.25, 0.3) is 5.91 Å². The predicted molar refractivity (Wildman–Crippen MR) is 294 cm³/mol. The van der Waals surface area contributed by atoms with Gasteiger partial charge in [-0.25, -0.2) is 30.4 Å². The molecule has 1 amide bonds. The molecule has 0 aliphatic carbocycles. The lowest BCUT2D eigenvalue weighted by molar-refractivity contribution is 0.0600. The number of aromatic amines is 2. The van der Waals surface area contributed by atoms with Gasteiger partial charge in [-0.2, -0.15) is 0 Å². The van der Waals surface area contributed by atoms with Crippen LogP contribution in [0.25, 0.3) is 43.6 Å². The first-order valence-corrected chi connectivity index (χ1v) is 26.8. The van der Waals surface area contributed by atoms with Crippen molar-refractivity contribution in [2.24, 2.45) is 5.73 Å². The number of esters is 1. The fourth-order valence-corrected chi connectivity index (χ4v) is 9.53. The second-order valence-corrected chi connectivity index (χ2v) is 21.8. The van der Waals surface area contributed by atoms with Crippen LogP contribution in [0.5, 0.6) is 0 Å². The molecule has 0 bridgehead atoms. The Morgan fingerprint density at radius 1 is 0.632 bits per heavy atom. The van der Waals surface area contributed by atoms with Crippen LogP contribution in [0.1, 0.15) is 69.2 Å². The van der Waals surface area contributed by atoms with Gasteiger partial charge >= 0.3 is 5.97 Å². The van der Waals surface area contributed by atoms with E-state index in [-0.39, 0.29) is 49.5 Å². The Morgan fingerprint density at radius 2 is 1.09 bits per heavy atom. The predicted octanol–water partition coefficient (Wildman–Crippen LogP) is 10.9. The van der Waals surface area contributed by atoms with E-state index in [1.54, 1.807) is 97.7 Å². The van der Waals surface area contributed by atoms with Crippen LogP contribution in [-0.4, -0.2) is 78.2 Å². The summed E-state index contributed by atoms with van der Waals surface area (Å²) in [5.41, 5.74) is 12.7. The van der Waals surface area contributed by atoms with Gasteiger partial charge in [0.2, 0.25) is 0 Å². The number of rotatable bonds is 11. The summed E-state index contributed by atoms with van der Waals surface area (Å²) in [5, 5.41) is 6.74. The van der Waals surface area contributed by atoms with Crippen molar-refractivity contribution in [3.05, 3.63) is 201 Å². The van der Waals surface area contributed by atoms with E-state index in [2.05, 4.69) is 35.2 Å². The second-order valence-electron chi connectivity index (χ2n) is 17.0. The highest BCUT2D eigenvalue weighted by Gasteiger charge is 2.15. The minimum Gasteiger partial charge on any atom is -0.465 e. The number of H-pyrrole nitrogens is 2. The highest BCUT2D eigenvalue weighted by Crippen LogP contribution is 2.28. The molecule has 0 atom stereocenters. The summed E-state index contributed by atoms with van der Waals surface area (Å²) >= 11 is 12.0. The molecular weight excluding hydrogens is 1060 g/mol. The van der Waals surface area contributed by atoms with Gasteiger partial charge in [-0.3, -0.25) is 24.7 Å². The van der Waals surface area contributed by atoms with Crippen molar-refractivity contribution >= 4 is 98.4 Å². The summed E-state index contributed by atoms with van der Waals surface area (Å²) in [6.45, 7) is 0.181. The molecule has 0 saturated carbocycles. The molecule has 6 heterocycles. The minimum atomic E-state index is -3.34. The zero-order chi connectivity index (χ0) is 52.9. The number of nitrogens with two attached hydrogens (primary N) is 1. The largest absolute Gasteiger partial charge is 0.465 e. The molecule has 0 unspecified atom stereocenters. The Bertz CT molecular complexity index is 4030. The van der Waals surface area contributed by atoms with Crippen molar-refractivity contribution in [3.8, 4) is 0 Å². The minimum absolute atomic E-state index is 0. The third kappa shape index (κ3) is 13.8. The highest BCUT2D eigenvalue weighted by atomic mass is 35.5. The van der Waals surface area contributed by atoms with E-state index >= 15 is 0 Å². The third-order valence-corrected chi connectivity index (χ3v) is 14.5. The Kier molecular flexibility index (Phi) is 18.4.